The fourth-order valence-corrected chi connectivity index (χ4v) is 5.02. The zero-order chi connectivity index (χ0) is 25.8. The number of rotatable bonds is 6. The Morgan fingerprint density at radius 3 is 2.30 bits per heavy atom. The van der Waals surface area contributed by atoms with E-state index in [1.165, 1.54) is 11.0 Å². The van der Waals surface area contributed by atoms with Gasteiger partial charge in [0.25, 0.3) is 11.5 Å². The topological polar surface area (TPSA) is 73.2 Å². The highest BCUT2D eigenvalue weighted by atomic mass is 35.5. The number of halogens is 1. The molecule has 0 radical (unpaired) electrons. The molecule has 1 aliphatic carbocycles. The lowest BCUT2D eigenvalue weighted by Gasteiger charge is -2.25. The van der Waals surface area contributed by atoms with E-state index >= 15 is 0 Å². The number of hydrogen-bond acceptors (Lipinski definition) is 4. The third-order valence-corrected chi connectivity index (χ3v) is 6.94. The SMILES string of the molecule is COc1ccc(-c2nc(-c3ccccc3)c(=O)n(-c3cccc(Cl)c3)c2C(=O)NC2CCCCC2)cc1. The van der Waals surface area contributed by atoms with Gasteiger partial charge in [0.2, 0.25) is 0 Å². The van der Waals surface area contributed by atoms with Crippen LogP contribution >= 0.6 is 11.6 Å². The molecule has 0 unspecified atom stereocenters. The number of methoxy groups -OCH3 is 1. The molecule has 1 fully saturated rings. The Bertz CT molecular complexity index is 1460. The Labute approximate surface area is 220 Å². The second-order valence-corrected chi connectivity index (χ2v) is 9.62. The van der Waals surface area contributed by atoms with E-state index in [4.69, 9.17) is 21.3 Å². The van der Waals surface area contributed by atoms with Gasteiger partial charge in [0.05, 0.1) is 12.8 Å². The minimum atomic E-state index is -0.389. The molecule has 1 amide bonds. The highest BCUT2D eigenvalue weighted by Gasteiger charge is 2.27. The molecular weight excluding hydrogens is 486 g/mol. The van der Waals surface area contributed by atoms with Crippen molar-refractivity contribution in [3.63, 3.8) is 0 Å². The van der Waals surface area contributed by atoms with Gasteiger partial charge in [0, 0.05) is 22.2 Å². The first-order chi connectivity index (χ1) is 18.0. The molecule has 1 saturated carbocycles. The number of aromatic nitrogens is 2. The smallest absolute Gasteiger partial charge is 0.282 e. The van der Waals surface area contributed by atoms with E-state index in [-0.39, 0.29) is 28.9 Å². The van der Waals surface area contributed by atoms with Crippen molar-refractivity contribution in [2.75, 3.05) is 7.11 Å². The molecule has 188 valence electrons. The van der Waals surface area contributed by atoms with Crippen LogP contribution in [0.4, 0.5) is 0 Å². The molecule has 0 spiro atoms. The Kier molecular flexibility index (Phi) is 7.37. The molecule has 0 atom stereocenters. The molecule has 1 aliphatic rings. The molecule has 37 heavy (non-hydrogen) atoms. The maximum absolute atomic E-state index is 14.0. The quantitative estimate of drug-likeness (QED) is 0.329. The Balaban J connectivity index is 1.79. The predicted molar refractivity (Wildman–Crippen MR) is 147 cm³/mol. The maximum atomic E-state index is 14.0. The van der Waals surface area contributed by atoms with Crippen LogP contribution in [0.15, 0.2) is 83.7 Å². The van der Waals surface area contributed by atoms with Crippen molar-refractivity contribution in [3.05, 3.63) is 99.9 Å². The molecule has 1 N–H and O–H groups in total. The van der Waals surface area contributed by atoms with Gasteiger partial charge in [0.1, 0.15) is 22.8 Å². The molecule has 0 aliphatic heterocycles. The Hall–Kier alpha value is -3.90. The fourth-order valence-electron chi connectivity index (χ4n) is 4.83. The number of carbonyl (C=O) groups excluding carboxylic acids is 1. The van der Waals surface area contributed by atoms with Crippen LogP contribution in [0.3, 0.4) is 0 Å². The summed E-state index contributed by atoms with van der Waals surface area (Å²) in [6, 6.07) is 23.6. The summed E-state index contributed by atoms with van der Waals surface area (Å²) in [7, 11) is 1.60. The van der Waals surface area contributed by atoms with E-state index in [1.54, 1.807) is 31.4 Å². The summed E-state index contributed by atoms with van der Waals surface area (Å²) < 4.78 is 6.78. The molecule has 1 heterocycles. The molecule has 5 rings (SSSR count). The minimum Gasteiger partial charge on any atom is -0.497 e. The monoisotopic (exact) mass is 513 g/mol. The first-order valence-corrected chi connectivity index (χ1v) is 12.9. The lowest BCUT2D eigenvalue weighted by molar-refractivity contribution is 0.0920. The predicted octanol–water partition coefficient (Wildman–Crippen LogP) is 6.29. The van der Waals surface area contributed by atoms with Gasteiger partial charge in [0.15, 0.2) is 0 Å². The van der Waals surface area contributed by atoms with Crippen LogP contribution in [0.5, 0.6) is 5.75 Å². The van der Waals surface area contributed by atoms with Crippen LogP contribution < -0.4 is 15.6 Å². The van der Waals surface area contributed by atoms with Crippen molar-refractivity contribution in [1.82, 2.24) is 14.9 Å². The number of carbonyl (C=O) groups is 1. The summed E-state index contributed by atoms with van der Waals surface area (Å²) >= 11 is 6.34. The average molecular weight is 514 g/mol. The summed E-state index contributed by atoms with van der Waals surface area (Å²) in [6.07, 6.45) is 5.15. The normalized spacial score (nSPS) is 13.8. The van der Waals surface area contributed by atoms with Gasteiger partial charge in [-0.1, -0.05) is 67.3 Å². The molecule has 6 nitrogen and oxygen atoms in total. The number of nitrogens with zero attached hydrogens (tertiary/aromatic N) is 2. The zero-order valence-corrected chi connectivity index (χ0v) is 21.4. The summed E-state index contributed by atoms with van der Waals surface area (Å²) in [5.41, 5.74) is 2.32. The van der Waals surface area contributed by atoms with E-state index in [9.17, 15) is 9.59 Å². The largest absolute Gasteiger partial charge is 0.497 e. The standard InChI is InChI=1S/C30H28ClN3O3/c1-37-25-17-15-21(16-18-25)26-28(29(35)32-23-12-6-3-7-13-23)34(24-14-8-11-22(31)19-24)30(36)27(33-26)20-9-4-2-5-10-20/h2,4-5,8-11,14-19,23H,3,6-7,12-13H2,1H3,(H,32,35). The van der Waals surface area contributed by atoms with Crippen LogP contribution in [0.2, 0.25) is 5.02 Å². The Morgan fingerprint density at radius 1 is 0.919 bits per heavy atom. The number of ether oxygens (including phenoxy) is 1. The molecular formula is C30H28ClN3O3. The van der Waals surface area contributed by atoms with E-state index in [0.29, 0.717) is 33.3 Å². The highest BCUT2D eigenvalue weighted by molar-refractivity contribution is 6.30. The van der Waals surface area contributed by atoms with E-state index in [0.717, 1.165) is 25.7 Å². The van der Waals surface area contributed by atoms with Crippen molar-refractivity contribution in [3.8, 4) is 34.0 Å². The number of benzene rings is 3. The van der Waals surface area contributed by atoms with E-state index in [1.807, 2.05) is 54.6 Å². The van der Waals surface area contributed by atoms with Gasteiger partial charge in [-0.05, 0) is 55.3 Å². The van der Waals surface area contributed by atoms with Gasteiger partial charge in [-0.3, -0.25) is 14.2 Å². The summed E-state index contributed by atoms with van der Waals surface area (Å²) in [4.78, 5) is 32.8. The molecule has 1 aromatic heterocycles. The first kappa shape index (κ1) is 24.8. The molecule has 0 bridgehead atoms. The van der Waals surface area contributed by atoms with E-state index in [2.05, 4.69) is 5.32 Å². The average Bonchev–Trinajstić information content (AvgIpc) is 2.94. The highest BCUT2D eigenvalue weighted by Crippen LogP contribution is 2.29. The Morgan fingerprint density at radius 2 is 1.62 bits per heavy atom. The second kappa shape index (κ2) is 11.0. The van der Waals surface area contributed by atoms with Gasteiger partial charge >= 0.3 is 0 Å². The summed E-state index contributed by atoms with van der Waals surface area (Å²) in [5.74, 6) is 0.352. The second-order valence-electron chi connectivity index (χ2n) is 9.18. The molecule has 7 heteroatoms. The number of nitrogens with one attached hydrogen (secondary N) is 1. The number of hydrogen-bond donors (Lipinski definition) is 1. The van der Waals surface area contributed by atoms with Crippen molar-refractivity contribution in [1.29, 1.82) is 0 Å². The van der Waals surface area contributed by atoms with Crippen molar-refractivity contribution < 1.29 is 9.53 Å². The van der Waals surface area contributed by atoms with Crippen LogP contribution in [-0.2, 0) is 0 Å². The van der Waals surface area contributed by atoms with Gasteiger partial charge in [-0.15, -0.1) is 0 Å². The zero-order valence-electron chi connectivity index (χ0n) is 20.6. The van der Waals surface area contributed by atoms with Gasteiger partial charge in [-0.2, -0.15) is 0 Å². The first-order valence-electron chi connectivity index (χ1n) is 12.5. The molecule has 4 aromatic rings. The lowest BCUT2D eigenvalue weighted by atomic mass is 9.95. The van der Waals surface area contributed by atoms with Crippen LogP contribution in [0.25, 0.3) is 28.2 Å². The third-order valence-electron chi connectivity index (χ3n) is 6.71. The molecule has 3 aromatic carbocycles. The van der Waals surface area contributed by atoms with Gasteiger partial charge < -0.3 is 10.1 Å². The molecule has 0 saturated heterocycles. The summed E-state index contributed by atoms with van der Waals surface area (Å²) in [5, 5.41) is 3.65. The third kappa shape index (κ3) is 5.30. The van der Waals surface area contributed by atoms with Crippen LogP contribution in [0.1, 0.15) is 42.6 Å². The van der Waals surface area contributed by atoms with Crippen molar-refractivity contribution in [2.45, 2.75) is 38.1 Å². The van der Waals surface area contributed by atoms with Crippen LogP contribution in [0, 0.1) is 0 Å². The van der Waals surface area contributed by atoms with Crippen molar-refractivity contribution in [2.24, 2.45) is 0 Å². The fraction of sp³-hybridized carbons (Fsp3) is 0.233. The maximum Gasteiger partial charge on any atom is 0.282 e. The van der Waals surface area contributed by atoms with Gasteiger partial charge in [-0.25, -0.2) is 4.98 Å². The minimum absolute atomic E-state index is 0.0571. The van der Waals surface area contributed by atoms with E-state index < -0.39 is 0 Å². The summed E-state index contributed by atoms with van der Waals surface area (Å²) in [6.45, 7) is 0. The van der Waals surface area contributed by atoms with Crippen LogP contribution in [-0.4, -0.2) is 28.6 Å². The lowest BCUT2D eigenvalue weighted by Crippen LogP contribution is -2.40. The number of amides is 1. The van der Waals surface area contributed by atoms with Crippen molar-refractivity contribution >= 4 is 17.5 Å².